The van der Waals surface area contributed by atoms with E-state index in [9.17, 15) is 35.9 Å². The van der Waals surface area contributed by atoms with E-state index in [-0.39, 0.29) is 24.0 Å². The molecule has 0 aliphatic carbocycles. The summed E-state index contributed by atoms with van der Waals surface area (Å²) in [5.41, 5.74) is -3.42. The number of halogens is 6. The number of aromatic amines is 1. The van der Waals surface area contributed by atoms with Gasteiger partial charge in [0.2, 0.25) is 11.9 Å². The van der Waals surface area contributed by atoms with E-state index < -0.39 is 35.1 Å². The highest BCUT2D eigenvalue weighted by molar-refractivity contribution is 5.76. The minimum absolute atomic E-state index is 0.115. The zero-order valence-electron chi connectivity index (χ0n) is 19.6. The first kappa shape index (κ1) is 26.8. The summed E-state index contributed by atoms with van der Waals surface area (Å²) in [6, 6.07) is 0.333. The molecule has 2 aromatic heterocycles. The number of hydrogen-bond acceptors (Lipinski definition) is 7. The minimum Gasteiger partial charge on any atom is -0.339 e. The van der Waals surface area contributed by atoms with Crippen LogP contribution < -0.4 is 10.5 Å². The molecule has 1 unspecified atom stereocenters. The Bertz CT molecular complexity index is 1140. The van der Waals surface area contributed by atoms with Gasteiger partial charge in [0, 0.05) is 51.5 Å². The summed E-state index contributed by atoms with van der Waals surface area (Å²) in [7, 11) is 0. The van der Waals surface area contributed by atoms with Crippen LogP contribution >= 0.6 is 0 Å². The van der Waals surface area contributed by atoms with Crippen LogP contribution in [-0.2, 0) is 17.1 Å². The minimum atomic E-state index is -4.80. The zero-order valence-corrected chi connectivity index (χ0v) is 19.6. The molecule has 15 heteroatoms. The molecule has 2 aliphatic rings. The van der Waals surface area contributed by atoms with Crippen molar-refractivity contribution in [3.05, 3.63) is 45.6 Å². The van der Waals surface area contributed by atoms with Crippen molar-refractivity contribution in [1.82, 2.24) is 30.0 Å². The third-order valence-corrected chi connectivity index (χ3v) is 6.58. The van der Waals surface area contributed by atoms with Crippen LogP contribution in [-0.4, -0.2) is 75.1 Å². The molecule has 0 aromatic carbocycles. The van der Waals surface area contributed by atoms with Crippen molar-refractivity contribution in [1.29, 1.82) is 0 Å². The van der Waals surface area contributed by atoms with Crippen molar-refractivity contribution in [2.75, 3.05) is 44.2 Å². The lowest BCUT2D eigenvalue weighted by atomic mass is 9.98. The van der Waals surface area contributed by atoms with Gasteiger partial charge in [-0.3, -0.25) is 14.5 Å². The van der Waals surface area contributed by atoms with Crippen LogP contribution in [0.25, 0.3) is 0 Å². The number of likely N-dealkylation sites (tertiary alicyclic amines) is 1. The molecule has 2 aromatic rings. The molecule has 37 heavy (non-hydrogen) atoms. The normalized spacial score (nSPS) is 19.8. The van der Waals surface area contributed by atoms with Gasteiger partial charge in [-0.15, -0.1) is 0 Å². The average molecular weight is 533 g/mol. The van der Waals surface area contributed by atoms with E-state index in [0.717, 1.165) is 31.3 Å². The van der Waals surface area contributed by atoms with Gasteiger partial charge >= 0.3 is 12.4 Å². The fourth-order valence-corrected chi connectivity index (χ4v) is 4.58. The number of anilines is 1. The van der Waals surface area contributed by atoms with Crippen LogP contribution in [0.1, 0.15) is 48.5 Å². The molecule has 2 fully saturated rings. The first-order valence-electron chi connectivity index (χ1n) is 11.8. The molecule has 202 valence electrons. The van der Waals surface area contributed by atoms with Crippen molar-refractivity contribution in [2.45, 2.75) is 44.1 Å². The maximum Gasteiger partial charge on any atom is 0.421 e. The third kappa shape index (κ3) is 6.37. The number of amides is 1. The molecule has 9 nitrogen and oxygen atoms in total. The molecule has 2 aliphatic heterocycles. The number of rotatable bonds is 5. The Morgan fingerprint density at radius 1 is 0.973 bits per heavy atom. The number of hydrogen-bond donors (Lipinski definition) is 1. The predicted octanol–water partition coefficient (Wildman–Crippen LogP) is 2.86. The Hall–Kier alpha value is -3.23. The topological polar surface area (TPSA) is 98.3 Å². The highest BCUT2D eigenvalue weighted by Gasteiger charge is 2.36. The van der Waals surface area contributed by atoms with E-state index in [2.05, 4.69) is 15.1 Å². The smallest absolute Gasteiger partial charge is 0.339 e. The molecule has 4 heterocycles. The first-order valence-corrected chi connectivity index (χ1v) is 11.8. The standard InChI is InChI=1S/C22H25F6N7O2/c23-21(24,25)14-12-29-20(30-13-14)35-9-7-34(8-10-35)18(36)4-6-33-5-2-1-3-17(33)16-11-15(22(26,27)28)19(37)32-31-16/h11-13,17H,1-10H2,(H,32,37). The monoisotopic (exact) mass is 533 g/mol. The summed E-state index contributed by atoms with van der Waals surface area (Å²) in [6.45, 7) is 2.27. The van der Waals surface area contributed by atoms with Gasteiger partial charge in [-0.1, -0.05) is 6.42 Å². The predicted molar refractivity (Wildman–Crippen MR) is 118 cm³/mol. The average Bonchev–Trinajstić information content (AvgIpc) is 2.87. The molecule has 0 spiro atoms. The SMILES string of the molecule is O=C(CCN1CCCCC1c1cc(C(F)(F)F)c(=O)[nH]n1)N1CCN(c2ncc(C(F)(F)F)cn2)CC1. The number of carbonyl (C=O) groups is 1. The summed E-state index contributed by atoms with van der Waals surface area (Å²) >= 11 is 0. The van der Waals surface area contributed by atoms with Gasteiger partial charge in [0.05, 0.1) is 17.3 Å². The Labute approximate surface area is 207 Å². The summed E-state index contributed by atoms with van der Waals surface area (Å²) in [5.74, 6) is 0.0191. The second-order valence-corrected chi connectivity index (χ2v) is 8.97. The lowest BCUT2D eigenvalue weighted by Gasteiger charge is -2.37. The molecule has 0 bridgehead atoms. The highest BCUT2D eigenvalue weighted by atomic mass is 19.4. The zero-order chi connectivity index (χ0) is 26.8. The number of H-pyrrole nitrogens is 1. The fraction of sp³-hybridized carbons (Fsp3) is 0.591. The van der Waals surface area contributed by atoms with Crippen LogP contribution in [0.2, 0.25) is 0 Å². The van der Waals surface area contributed by atoms with Crippen molar-refractivity contribution in [2.24, 2.45) is 0 Å². The van der Waals surface area contributed by atoms with Crippen LogP contribution in [0.5, 0.6) is 0 Å². The van der Waals surface area contributed by atoms with Crippen molar-refractivity contribution in [3.63, 3.8) is 0 Å². The summed E-state index contributed by atoms with van der Waals surface area (Å²) in [4.78, 5) is 37.2. The molecule has 1 N–H and O–H groups in total. The van der Waals surface area contributed by atoms with Crippen LogP contribution in [0.3, 0.4) is 0 Å². The van der Waals surface area contributed by atoms with E-state index >= 15 is 0 Å². The van der Waals surface area contributed by atoms with E-state index in [1.165, 1.54) is 0 Å². The summed E-state index contributed by atoms with van der Waals surface area (Å²) in [6.07, 6.45) is -5.57. The molecular weight excluding hydrogens is 508 g/mol. The number of carbonyl (C=O) groups excluding carboxylic acids is 1. The van der Waals surface area contributed by atoms with Crippen LogP contribution in [0, 0.1) is 0 Å². The largest absolute Gasteiger partial charge is 0.421 e. The molecule has 2 saturated heterocycles. The van der Waals surface area contributed by atoms with Crippen molar-refractivity contribution >= 4 is 11.9 Å². The van der Waals surface area contributed by atoms with Gasteiger partial charge in [0.1, 0.15) is 5.56 Å². The van der Waals surface area contributed by atoms with Crippen molar-refractivity contribution < 1.29 is 31.1 Å². The van der Waals surface area contributed by atoms with Gasteiger partial charge in [0.15, 0.2) is 0 Å². The summed E-state index contributed by atoms with van der Waals surface area (Å²) in [5, 5.41) is 5.78. The maximum absolute atomic E-state index is 13.2. The van der Waals surface area contributed by atoms with E-state index in [1.807, 2.05) is 10.00 Å². The number of aromatic nitrogens is 4. The fourth-order valence-electron chi connectivity index (χ4n) is 4.58. The molecule has 1 amide bonds. The third-order valence-electron chi connectivity index (χ3n) is 6.58. The van der Waals surface area contributed by atoms with Gasteiger partial charge in [-0.2, -0.15) is 31.4 Å². The molecular formula is C22H25F6N7O2. The molecule has 4 rings (SSSR count). The van der Waals surface area contributed by atoms with E-state index in [0.29, 0.717) is 45.7 Å². The Kier molecular flexibility index (Phi) is 7.71. The molecule has 0 radical (unpaired) electrons. The Morgan fingerprint density at radius 3 is 2.27 bits per heavy atom. The van der Waals surface area contributed by atoms with E-state index in [1.54, 1.807) is 9.80 Å². The maximum atomic E-state index is 13.2. The van der Waals surface area contributed by atoms with Crippen molar-refractivity contribution in [3.8, 4) is 0 Å². The number of piperidine rings is 1. The lowest BCUT2D eigenvalue weighted by Crippen LogP contribution is -2.50. The number of alkyl halides is 6. The number of nitrogens with zero attached hydrogens (tertiary/aromatic N) is 6. The Morgan fingerprint density at radius 2 is 1.65 bits per heavy atom. The van der Waals surface area contributed by atoms with Crippen LogP contribution in [0.15, 0.2) is 23.3 Å². The Balaban J connectivity index is 1.33. The highest BCUT2D eigenvalue weighted by Crippen LogP contribution is 2.33. The first-order chi connectivity index (χ1) is 17.4. The van der Waals surface area contributed by atoms with E-state index in [4.69, 9.17) is 0 Å². The van der Waals surface area contributed by atoms with Gasteiger partial charge in [-0.25, -0.2) is 15.1 Å². The number of nitrogens with one attached hydrogen (secondary N) is 1. The number of piperazine rings is 1. The molecule has 1 atom stereocenters. The second kappa shape index (κ2) is 10.6. The van der Waals surface area contributed by atoms with Gasteiger partial charge in [0.25, 0.3) is 5.56 Å². The summed E-state index contributed by atoms with van der Waals surface area (Å²) < 4.78 is 77.7. The van der Waals surface area contributed by atoms with Gasteiger partial charge < -0.3 is 9.80 Å². The van der Waals surface area contributed by atoms with Crippen LogP contribution in [0.4, 0.5) is 32.3 Å². The molecule has 0 saturated carbocycles. The quantitative estimate of drug-likeness (QED) is 0.591. The lowest BCUT2D eigenvalue weighted by molar-refractivity contribution is -0.139. The van der Waals surface area contributed by atoms with Gasteiger partial charge in [-0.05, 0) is 25.5 Å². The second-order valence-electron chi connectivity index (χ2n) is 8.97.